The average Bonchev–Trinajstić information content (AvgIpc) is 3.62. The van der Waals surface area contributed by atoms with Crippen LogP contribution in [0.25, 0.3) is 0 Å². The molecular formula is C26H32FN3O6S. The number of hydrogen-bond acceptors (Lipinski definition) is 8. The monoisotopic (exact) mass is 533 g/mol. The lowest BCUT2D eigenvalue weighted by Gasteiger charge is -2.39. The molecular weight excluding hydrogens is 501 g/mol. The van der Waals surface area contributed by atoms with Gasteiger partial charge in [0, 0.05) is 24.9 Å². The molecule has 3 fully saturated rings. The van der Waals surface area contributed by atoms with Crippen LogP contribution in [0.4, 0.5) is 9.18 Å². The molecule has 2 aromatic rings. The molecule has 9 nitrogen and oxygen atoms in total. The van der Waals surface area contributed by atoms with E-state index in [0.717, 1.165) is 18.9 Å². The van der Waals surface area contributed by atoms with Gasteiger partial charge in [0.2, 0.25) is 11.8 Å². The Kier molecular flexibility index (Phi) is 6.54. The van der Waals surface area contributed by atoms with Gasteiger partial charge in [0.25, 0.3) is 0 Å². The lowest BCUT2D eigenvalue weighted by molar-refractivity contribution is -0.00773. The number of rotatable bonds is 6. The zero-order valence-corrected chi connectivity index (χ0v) is 22.3. The summed E-state index contributed by atoms with van der Waals surface area (Å²) in [5, 5.41) is -0.422. The fourth-order valence-electron chi connectivity index (χ4n) is 5.05. The first-order chi connectivity index (χ1) is 17.4. The van der Waals surface area contributed by atoms with Crippen molar-refractivity contribution in [2.75, 3.05) is 0 Å². The van der Waals surface area contributed by atoms with Gasteiger partial charge in [-0.3, -0.25) is 0 Å². The van der Waals surface area contributed by atoms with Crippen LogP contribution < -0.4 is 9.47 Å². The highest BCUT2D eigenvalue weighted by Crippen LogP contribution is 2.39. The molecule has 3 heterocycles. The van der Waals surface area contributed by atoms with Gasteiger partial charge < -0.3 is 19.1 Å². The second kappa shape index (κ2) is 9.41. The zero-order valence-electron chi connectivity index (χ0n) is 21.4. The van der Waals surface area contributed by atoms with E-state index in [9.17, 15) is 17.6 Å². The van der Waals surface area contributed by atoms with Crippen LogP contribution in [0, 0.1) is 12.7 Å². The molecule has 2 aliphatic heterocycles. The Labute approximate surface area is 216 Å². The summed E-state index contributed by atoms with van der Waals surface area (Å²) in [7, 11) is -3.51. The summed E-state index contributed by atoms with van der Waals surface area (Å²) < 4.78 is 57.1. The van der Waals surface area contributed by atoms with Gasteiger partial charge in [0.05, 0.1) is 15.7 Å². The predicted molar refractivity (Wildman–Crippen MR) is 132 cm³/mol. The summed E-state index contributed by atoms with van der Waals surface area (Å²) in [5.74, 6) is -0.469. The highest BCUT2D eigenvalue weighted by molar-refractivity contribution is 7.92. The van der Waals surface area contributed by atoms with Crippen molar-refractivity contribution < 1.29 is 31.8 Å². The first-order valence-corrected chi connectivity index (χ1v) is 14.2. The van der Waals surface area contributed by atoms with Gasteiger partial charge in [0.15, 0.2) is 21.4 Å². The van der Waals surface area contributed by atoms with Gasteiger partial charge in [-0.05, 0) is 71.6 Å². The summed E-state index contributed by atoms with van der Waals surface area (Å²) in [6.07, 6.45) is 5.15. The third-order valence-corrected chi connectivity index (χ3v) is 9.23. The van der Waals surface area contributed by atoms with Gasteiger partial charge in [-0.1, -0.05) is 0 Å². The minimum absolute atomic E-state index is 0.0380. The summed E-state index contributed by atoms with van der Waals surface area (Å²) in [6.45, 7) is 7.29. The lowest BCUT2D eigenvalue weighted by atomic mass is 10.00. The minimum Gasteiger partial charge on any atom is -0.474 e. The van der Waals surface area contributed by atoms with Crippen LogP contribution in [0.5, 0.6) is 17.5 Å². The summed E-state index contributed by atoms with van der Waals surface area (Å²) in [6, 6.07) is 3.72. The fourth-order valence-corrected chi connectivity index (χ4v) is 6.72. The second-order valence-corrected chi connectivity index (χ2v) is 13.3. The Bertz CT molecular complexity index is 1290. The van der Waals surface area contributed by atoms with Crippen LogP contribution in [-0.2, 0) is 14.6 Å². The SMILES string of the molecule is Cc1c(Oc2ccc(S(=O)(=O)C3CC3)cc2F)ncnc1OC1CC2CCC(C1)N2C(=O)OC(C)(C)C. The number of fused-ring (bicyclic) bond motifs is 2. The first-order valence-electron chi connectivity index (χ1n) is 12.6. The third-order valence-electron chi connectivity index (χ3n) is 6.97. The van der Waals surface area contributed by atoms with Crippen molar-refractivity contribution in [3.8, 4) is 17.5 Å². The number of ether oxygens (including phenoxy) is 3. The van der Waals surface area contributed by atoms with Gasteiger partial charge in [-0.25, -0.2) is 27.6 Å². The normalized spacial score (nSPS) is 23.6. The Balaban J connectivity index is 1.27. The molecule has 0 N–H and O–H groups in total. The predicted octanol–water partition coefficient (Wildman–Crippen LogP) is 4.96. The lowest BCUT2D eigenvalue weighted by Crippen LogP contribution is -2.50. The number of halogens is 1. The van der Waals surface area contributed by atoms with Crippen LogP contribution >= 0.6 is 0 Å². The Morgan fingerprint density at radius 2 is 1.70 bits per heavy atom. The molecule has 1 aromatic carbocycles. The van der Waals surface area contributed by atoms with E-state index in [1.54, 1.807) is 6.92 Å². The Hall–Kier alpha value is -2.95. The Morgan fingerprint density at radius 1 is 1.05 bits per heavy atom. The number of piperidine rings is 1. The van der Waals surface area contributed by atoms with Crippen LogP contribution in [0.15, 0.2) is 29.4 Å². The maximum absolute atomic E-state index is 14.7. The molecule has 1 amide bonds. The maximum Gasteiger partial charge on any atom is 0.410 e. The second-order valence-electron chi connectivity index (χ2n) is 11.0. The van der Waals surface area contributed by atoms with Crippen molar-refractivity contribution in [3.63, 3.8) is 0 Å². The van der Waals surface area contributed by atoms with Crippen LogP contribution in [0.1, 0.15) is 64.9 Å². The first kappa shape index (κ1) is 25.7. The van der Waals surface area contributed by atoms with E-state index in [4.69, 9.17) is 14.2 Å². The maximum atomic E-state index is 14.7. The van der Waals surface area contributed by atoms with Crippen molar-refractivity contribution in [1.82, 2.24) is 14.9 Å². The standard InChI is InChI=1S/C26H32FN3O6S/c1-15-23(34-18-11-16-5-6-17(12-18)30(16)25(31)36-26(2,3)4)28-14-29-24(15)35-22-10-9-20(13-21(22)27)37(32,33)19-7-8-19/h9-10,13-14,16-19H,5-8,11-12H2,1-4H3. The van der Waals surface area contributed by atoms with Crippen LogP contribution in [0.2, 0.25) is 0 Å². The number of amides is 1. The molecule has 2 atom stereocenters. The molecule has 2 saturated heterocycles. The molecule has 1 aromatic heterocycles. The molecule has 200 valence electrons. The summed E-state index contributed by atoms with van der Waals surface area (Å²) >= 11 is 0. The van der Waals surface area contributed by atoms with Gasteiger partial charge in [-0.2, -0.15) is 0 Å². The Morgan fingerprint density at radius 3 is 2.30 bits per heavy atom. The van der Waals surface area contributed by atoms with Gasteiger partial charge in [0.1, 0.15) is 18.0 Å². The zero-order chi connectivity index (χ0) is 26.5. The van der Waals surface area contributed by atoms with Crippen molar-refractivity contribution in [1.29, 1.82) is 0 Å². The van der Waals surface area contributed by atoms with Crippen molar-refractivity contribution in [3.05, 3.63) is 35.9 Å². The molecule has 3 aliphatic rings. The molecule has 11 heteroatoms. The number of carbonyl (C=O) groups is 1. The molecule has 0 radical (unpaired) electrons. The van der Waals surface area contributed by atoms with E-state index in [-0.39, 0.29) is 40.8 Å². The molecule has 1 saturated carbocycles. The molecule has 37 heavy (non-hydrogen) atoms. The molecule has 5 rings (SSSR count). The largest absolute Gasteiger partial charge is 0.474 e. The van der Waals surface area contributed by atoms with Gasteiger partial charge in [-0.15, -0.1) is 0 Å². The highest BCUT2D eigenvalue weighted by atomic mass is 32.2. The number of benzene rings is 1. The number of sulfone groups is 1. The van der Waals surface area contributed by atoms with E-state index in [1.165, 1.54) is 18.5 Å². The van der Waals surface area contributed by atoms with E-state index >= 15 is 0 Å². The minimum atomic E-state index is -3.51. The third kappa shape index (κ3) is 5.37. The van der Waals surface area contributed by atoms with Crippen LogP contribution in [0.3, 0.4) is 0 Å². The number of carbonyl (C=O) groups excluding carboxylic acids is 1. The number of hydrogen-bond donors (Lipinski definition) is 0. The molecule has 0 spiro atoms. The van der Waals surface area contributed by atoms with Crippen LogP contribution in [-0.4, -0.2) is 58.4 Å². The van der Waals surface area contributed by atoms with Crippen molar-refractivity contribution >= 4 is 15.9 Å². The van der Waals surface area contributed by atoms with Gasteiger partial charge >= 0.3 is 6.09 Å². The van der Waals surface area contributed by atoms with Crippen molar-refractivity contribution in [2.24, 2.45) is 0 Å². The fraction of sp³-hybridized carbons (Fsp3) is 0.577. The smallest absolute Gasteiger partial charge is 0.410 e. The number of aromatic nitrogens is 2. The molecule has 2 bridgehead atoms. The quantitative estimate of drug-likeness (QED) is 0.513. The van der Waals surface area contributed by atoms with E-state index in [1.807, 2.05) is 25.7 Å². The molecule has 1 aliphatic carbocycles. The van der Waals surface area contributed by atoms with E-state index in [0.29, 0.717) is 37.1 Å². The highest BCUT2D eigenvalue weighted by Gasteiger charge is 2.46. The van der Waals surface area contributed by atoms with Crippen molar-refractivity contribution in [2.45, 2.75) is 100 Å². The molecule has 2 unspecified atom stereocenters. The summed E-state index contributed by atoms with van der Waals surface area (Å²) in [5.41, 5.74) is -0.0534. The number of nitrogens with zero attached hydrogens (tertiary/aromatic N) is 3. The summed E-state index contributed by atoms with van der Waals surface area (Å²) in [4.78, 5) is 22.9. The van der Waals surface area contributed by atoms with E-state index in [2.05, 4.69) is 9.97 Å². The average molecular weight is 534 g/mol. The topological polar surface area (TPSA) is 108 Å². The van der Waals surface area contributed by atoms with E-state index < -0.39 is 26.5 Å².